The maximum Gasteiger partial charge on any atom is 0.331 e. The molecule has 2 rings (SSSR count). The largest absolute Gasteiger partial charge is 0.449 e. The van der Waals surface area contributed by atoms with Crippen LogP contribution < -0.4 is 10.6 Å². The van der Waals surface area contributed by atoms with Crippen molar-refractivity contribution in [3.63, 3.8) is 0 Å². The minimum absolute atomic E-state index is 0.194. The highest BCUT2D eigenvalue weighted by atomic mass is 19.1. The van der Waals surface area contributed by atoms with Crippen molar-refractivity contribution in [2.45, 2.75) is 20.0 Å². The van der Waals surface area contributed by atoms with E-state index in [1.54, 1.807) is 24.3 Å². The van der Waals surface area contributed by atoms with E-state index in [1.807, 2.05) is 0 Å². The molecule has 2 aromatic rings. The highest BCUT2D eigenvalue weighted by Gasteiger charge is 2.16. The molecule has 2 amide bonds. The van der Waals surface area contributed by atoms with E-state index in [0.29, 0.717) is 16.9 Å². The number of esters is 1. The predicted molar refractivity (Wildman–Crippen MR) is 100 cm³/mol. The van der Waals surface area contributed by atoms with Gasteiger partial charge in [-0.3, -0.25) is 9.59 Å². The molecule has 140 valence electrons. The molecule has 0 aliphatic heterocycles. The van der Waals surface area contributed by atoms with Crippen LogP contribution in [0, 0.1) is 5.82 Å². The zero-order valence-corrected chi connectivity index (χ0v) is 14.9. The summed E-state index contributed by atoms with van der Waals surface area (Å²) in [6.45, 7) is 2.85. The molecule has 0 radical (unpaired) electrons. The second-order valence-electron chi connectivity index (χ2n) is 5.71. The number of nitrogens with one attached hydrogen (secondary N) is 2. The van der Waals surface area contributed by atoms with Crippen LogP contribution in [0.15, 0.2) is 54.6 Å². The third kappa shape index (κ3) is 6.74. The van der Waals surface area contributed by atoms with E-state index in [9.17, 15) is 18.8 Å². The van der Waals surface area contributed by atoms with Crippen LogP contribution in [-0.4, -0.2) is 23.9 Å². The van der Waals surface area contributed by atoms with Crippen molar-refractivity contribution in [3.8, 4) is 0 Å². The quantitative estimate of drug-likeness (QED) is 0.603. The van der Waals surface area contributed by atoms with E-state index in [1.165, 1.54) is 50.3 Å². The molecule has 1 atom stereocenters. The van der Waals surface area contributed by atoms with Gasteiger partial charge < -0.3 is 15.4 Å². The van der Waals surface area contributed by atoms with Crippen LogP contribution in [0.5, 0.6) is 0 Å². The summed E-state index contributed by atoms with van der Waals surface area (Å²) in [6.07, 6.45) is 1.62. The lowest BCUT2D eigenvalue weighted by Gasteiger charge is -2.12. The standard InChI is InChI=1S/C20H19FN2O4/c1-13(27-19(25)12-5-15-3-6-16(21)7-4-15)20(26)23-18-10-8-17(9-11-18)22-14(2)24/h3-13H,1-2H3,(H,22,24)(H,23,26)/b12-5+/t13-/m1/s1. The number of ether oxygens (including phenoxy) is 1. The Kier molecular flexibility index (Phi) is 6.82. The van der Waals surface area contributed by atoms with Crippen molar-refractivity contribution in [2.24, 2.45) is 0 Å². The Morgan fingerprint density at radius 2 is 1.52 bits per heavy atom. The molecule has 7 heteroatoms. The van der Waals surface area contributed by atoms with E-state index in [0.717, 1.165) is 0 Å². The Morgan fingerprint density at radius 3 is 2.07 bits per heavy atom. The number of carbonyl (C=O) groups excluding carboxylic acids is 3. The van der Waals surface area contributed by atoms with Crippen molar-refractivity contribution >= 4 is 35.2 Å². The number of benzene rings is 2. The molecule has 0 aromatic heterocycles. The molecule has 6 nitrogen and oxygen atoms in total. The molecule has 0 saturated heterocycles. The summed E-state index contributed by atoms with van der Waals surface area (Å²) in [4.78, 5) is 34.9. The van der Waals surface area contributed by atoms with E-state index in [4.69, 9.17) is 4.74 Å². The van der Waals surface area contributed by atoms with Gasteiger partial charge >= 0.3 is 5.97 Å². The fraction of sp³-hybridized carbons (Fsp3) is 0.150. The van der Waals surface area contributed by atoms with Gasteiger partial charge in [-0.2, -0.15) is 0 Å². The van der Waals surface area contributed by atoms with E-state index < -0.39 is 18.0 Å². The summed E-state index contributed by atoms with van der Waals surface area (Å²) in [5.41, 5.74) is 1.73. The lowest BCUT2D eigenvalue weighted by atomic mass is 10.2. The Balaban J connectivity index is 1.86. The zero-order chi connectivity index (χ0) is 19.8. The third-order valence-electron chi connectivity index (χ3n) is 3.42. The Hall–Kier alpha value is -3.48. The smallest absolute Gasteiger partial charge is 0.331 e. The molecule has 0 bridgehead atoms. The van der Waals surface area contributed by atoms with Crippen LogP contribution in [0.25, 0.3) is 6.08 Å². The molecule has 0 heterocycles. The average Bonchev–Trinajstić information content (AvgIpc) is 2.62. The normalized spacial score (nSPS) is 11.7. The van der Waals surface area contributed by atoms with Gasteiger partial charge in [0.1, 0.15) is 5.82 Å². The van der Waals surface area contributed by atoms with E-state index >= 15 is 0 Å². The molecular formula is C20H19FN2O4. The monoisotopic (exact) mass is 370 g/mol. The van der Waals surface area contributed by atoms with Crippen molar-refractivity contribution in [2.75, 3.05) is 10.6 Å². The molecule has 0 aliphatic rings. The van der Waals surface area contributed by atoms with Gasteiger partial charge in [0.25, 0.3) is 5.91 Å². The first-order valence-corrected chi connectivity index (χ1v) is 8.16. The zero-order valence-electron chi connectivity index (χ0n) is 14.9. The minimum Gasteiger partial charge on any atom is -0.449 e. The number of amides is 2. The maximum absolute atomic E-state index is 12.8. The minimum atomic E-state index is -1.01. The van der Waals surface area contributed by atoms with Gasteiger partial charge in [0.05, 0.1) is 0 Å². The van der Waals surface area contributed by atoms with Crippen LogP contribution in [0.4, 0.5) is 15.8 Å². The van der Waals surface area contributed by atoms with Gasteiger partial charge in [-0.15, -0.1) is 0 Å². The first-order valence-electron chi connectivity index (χ1n) is 8.16. The second-order valence-corrected chi connectivity index (χ2v) is 5.71. The second kappa shape index (κ2) is 9.28. The van der Waals surface area contributed by atoms with Gasteiger partial charge in [-0.25, -0.2) is 9.18 Å². The first-order chi connectivity index (χ1) is 12.8. The topological polar surface area (TPSA) is 84.5 Å². The van der Waals surface area contributed by atoms with Gasteiger partial charge in [0.2, 0.25) is 5.91 Å². The number of hydrogen-bond acceptors (Lipinski definition) is 4. The number of halogens is 1. The Bertz CT molecular complexity index is 845. The lowest BCUT2D eigenvalue weighted by molar-refractivity contribution is -0.148. The first kappa shape index (κ1) is 19.8. The molecule has 2 N–H and O–H groups in total. The third-order valence-corrected chi connectivity index (χ3v) is 3.42. The summed E-state index contributed by atoms with van der Waals surface area (Å²) in [5.74, 6) is -1.75. The highest BCUT2D eigenvalue weighted by molar-refractivity contribution is 5.97. The number of hydrogen-bond donors (Lipinski definition) is 2. The molecule has 0 saturated carbocycles. The molecule has 27 heavy (non-hydrogen) atoms. The molecule has 0 unspecified atom stereocenters. The summed E-state index contributed by atoms with van der Waals surface area (Å²) < 4.78 is 17.9. The summed E-state index contributed by atoms with van der Waals surface area (Å²) in [5, 5.41) is 5.23. The summed E-state index contributed by atoms with van der Waals surface area (Å²) >= 11 is 0. The fourth-order valence-corrected chi connectivity index (χ4v) is 2.09. The molecular weight excluding hydrogens is 351 g/mol. The molecule has 0 spiro atoms. The van der Waals surface area contributed by atoms with Crippen molar-refractivity contribution < 1.29 is 23.5 Å². The Labute approximate surface area is 156 Å². The number of carbonyl (C=O) groups is 3. The van der Waals surface area contributed by atoms with Crippen LogP contribution in [0.2, 0.25) is 0 Å². The molecule has 0 aliphatic carbocycles. The van der Waals surface area contributed by atoms with Crippen LogP contribution in [-0.2, 0) is 19.1 Å². The van der Waals surface area contributed by atoms with Crippen LogP contribution >= 0.6 is 0 Å². The predicted octanol–water partition coefficient (Wildman–Crippen LogP) is 3.37. The fourth-order valence-electron chi connectivity index (χ4n) is 2.09. The summed E-state index contributed by atoms with van der Waals surface area (Å²) in [7, 11) is 0. The van der Waals surface area contributed by atoms with Crippen molar-refractivity contribution in [3.05, 3.63) is 66.0 Å². The van der Waals surface area contributed by atoms with Crippen molar-refractivity contribution in [1.82, 2.24) is 0 Å². The highest BCUT2D eigenvalue weighted by Crippen LogP contribution is 2.14. The number of anilines is 2. The summed E-state index contributed by atoms with van der Waals surface area (Å²) in [6, 6.07) is 12.1. The van der Waals surface area contributed by atoms with Crippen LogP contribution in [0.3, 0.4) is 0 Å². The van der Waals surface area contributed by atoms with Crippen LogP contribution in [0.1, 0.15) is 19.4 Å². The Morgan fingerprint density at radius 1 is 0.963 bits per heavy atom. The molecule has 2 aromatic carbocycles. The molecule has 0 fully saturated rings. The lowest BCUT2D eigenvalue weighted by Crippen LogP contribution is -2.29. The maximum atomic E-state index is 12.8. The van der Waals surface area contributed by atoms with Gasteiger partial charge in [-0.1, -0.05) is 12.1 Å². The van der Waals surface area contributed by atoms with Gasteiger partial charge in [-0.05, 0) is 55.0 Å². The van der Waals surface area contributed by atoms with Gasteiger partial charge in [0, 0.05) is 24.4 Å². The van der Waals surface area contributed by atoms with E-state index in [-0.39, 0.29) is 11.7 Å². The SMILES string of the molecule is CC(=O)Nc1ccc(NC(=O)[C@@H](C)OC(=O)/C=C/c2ccc(F)cc2)cc1. The van der Waals surface area contributed by atoms with Crippen molar-refractivity contribution in [1.29, 1.82) is 0 Å². The number of rotatable bonds is 6. The average molecular weight is 370 g/mol. The van der Waals surface area contributed by atoms with E-state index in [2.05, 4.69) is 10.6 Å². The van der Waals surface area contributed by atoms with Gasteiger partial charge in [0.15, 0.2) is 6.10 Å².